The Hall–Kier alpha value is -7.61. The minimum absolute atomic E-state index is 0.000326. The van der Waals surface area contributed by atoms with E-state index in [1.54, 1.807) is 40.8 Å². The average molecular weight is 1110 g/mol. The molecule has 0 saturated carbocycles. The van der Waals surface area contributed by atoms with E-state index in [0.29, 0.717) is 56.6 Å². The van der Waals surface area contributed by atoms with Crippen molar-refractivity contribution in [3.05, 3.63) is 104 Å². The van der Waals surface area contributed by atoms with Gasteiger partial charge in [-0.15, -0.1) is 0 Å². The third-order valence-corrected chi connectivity index (χ3v) is 14.4. The van der Waals surface area contributed by atoms with Gasteiger partial charge in [-0.3, -0.25) is 33.0 Å². The number of aryl methyl sites for hydroxylation is 1. The Morgan fingerprint density at radius 1 is 1.08 bits per heavy atom. The van der Waals surface area contributed by atoms with E-state index in [2.05, 4.69) is 38.5 Å². The summed E-state index contributed by atoms with van der Waals surface area (Å²) in [6.07, 6.45) is 1.34. The SMILES string of the molecule is C=CCOC(=O)N[C@H](C(=O)N[C@@H](CCCNC(N)=O)C(=O)Nc1ccc(COP(=O)(O)OCC(=O)N[C@H]2CCc3c(C)c(F)cc4nc5c(c2c34)Cn2c-5cc3c(c2=O)COC(=O)[C@]3(O)CC)c(CNC)c1)C(C)C.O=CO. The minimum Gasteiger partial charge on any atom is -0.483 e. The van der Waals surface area contributed by atoms with E-state index in [4.69, 9.17) is 39.1 Å². The molecule has 27 heteroatoms. The number of nitrogens with one attached hydrogen (secondary N) is 6. The van der Waals surface area contributed by atoms with Crippen LogP contribution in [-0.4, -0.2) is 106 Å². The number of carboxylic acid groups (broad SMARTS) is 1. The summed E-state index contributed by atoms with van der Waals surface area (Å²) in [7, 11) is -3.27. The van der Waals surface area contributed by atoms with Crippen molar-refractivity contribution in [1.82, 2.24) is 36.1 Å². The highest BCUT2D eigenvalue weighted by atomic mass is 31.2. The van der Waals surface area contributed by atoms with Crippen LogP contribution in [0.3, 0.4) is 0 Å². The smallest absolute Gasteiger partial charge is 0.473 e. The maximum atomic E-state index is 15.4. The fourth-order valence-electron chi connectivity index (χ4n) is 9.58. The summed E-state index contributed by atoms with van der Waals surface area (Å²) in [6, 6.07) is 3.68. The molecule has 5 atom stereocenters. The van der Waals surface area contributed by atoms with Crippen LogP contribution < -0.4 is 43.2 Å². The van der Waals surface area contributed by atoms with E-state index in [0.717, 1.165) is 0 Å². The summed E-state index contributed by atoms with van der Waals surface area (Å²) < 4.78 is 50.9. The molecular weight excluding hydrogens is 1040 g/mol. The zero-order chi connectivity index (χ0) is 57.2. The molecule has 4 aromatic rings. The number of anilines is 1. The van der Waals surface area contributed by atoms with Crippen molar-refractivity contribution in [2.45, 2.75) is 110 Å². The molecule has 0 fully saturated rings. The minimum atomic E-state index is -4.92. The number of rotatable bonds is 22. The molecule has 6 amide bonds. The highest BCUT2D eigenvalue weighted by Gasteiger charge is 2.46. The van der Waals surface area contributed by atoms with Crippen molar-refractivity contribution >= 4 is 66.7 Å². The van der Waals surface area contributed by atoms with E-state index in [9.17, 15) is 48.1 Å². The number of pyridine rings is 2. The number of benzene rings is 2. The Bertz CT molecular complexity index is 3130. The van der Waals surface area contributed by atoms with Crippen molar-refractivity contribution < 1.29 is 76.1 Å². The van der Waals surface area contributed by atoms with Crippen LogP contribution in [0.25, 0.3) is 22.3 Å². The number of primary amides is 1. The molecule has 78 heavy (non-hydrogen) atoms. The van der Waals surface area contributed by atoms with Crippen LogP contribution in [0.2, 0.25) is 0 Å². The molecule has 420 valence electrons. The lowest BCUT2D eigenvalue weighted by atomic mass is 9.81. The molecule has 25 nitrogen and oxygen atoms in total. The Morgan fingerprint density at radius 2 is 1.81 bits per heavy atom. The molecule has 11 N–H and O–H groups in total. The number of phosphoric acid groups is 1. The summed E-state index contributed by atoms with van der Waals surface area (Å²) in [6.45, 7) is 8.34. The van der Waals surface area contributed by atoms with Gasteiger partial charge in [-0.1, -0.05) is 39.5 Å². The molecule has 7 rings (SSSR count). The molecule has 2 aromatic carbocycles. The van der Waals surface area contributed by atoms with Crippen LogP contribution in [0, 0.1) is 18.7 Å². The van der Waals surface area contributed by atoms with Gasteiger partial charge in [0, 0.05) is 41.4 Å². The van der Waals surface area contributed by atoms with Gasteiger partial charge in [0.25, 0.3) is 12.0 Å². The fraction of sp³-hybridized carbons (Fsp3) is 0.431. The number of hydrogen-bond donors (Lipinski definition) is 10. The van der Waals surface area contributed by atoms with E-state index in [1.165, 1.54) is 34.9 Å². The second kappa shape index (κ2) is 25.7. The van der Waals surface area contributed by atoms with Crippen LogP contribution >= 0.6 is 7.82 Å². The molecule has 1 aliphatic carbocycles. The average Bonchev–Trinajstić information content (AvgIpc) is 3.80. The Kier molecular flexibility index (Phi) is 19.6. The van der Waals surface area contributed by atoms with E-state index in [-0.39, 0.29) is 87.3 Å². The zero-order valence-electron chi connectivity index (χ0n) is 43.5. The number of fused-ring (bicyclic) bond motifs is 5. The topological polar surface area (TPSA) is 367 Å². The normalized spacial score (nSPS) is 17.3. The van der Waals surface area contributed by atoms with Crippen LogP contribution in [0.15, 0.2) is 47.8 Å². The number of ether oxygens (including phenoxy) is 2. The number of halogens is 1. The molecule has 1 unspecified atom stereocenters. The molecule has 2 aliphatic heterocycles. The lowest BCUT2D eigenvalue weighted by Gasteiger charge is -2.31. The van der Waals surface area contributed by atoms with Crippen molar-refractivity contribution in [2.75, 3.05) is 32.1 Å². The maximum absolute atomic E-state index is 15.4. The Morgan fingerprint density at radius 3 is 2.47 bits per heavy atom. The quantitative estimate of drug-likeness (QED) is 0.0156. The van der Waals surface area contributed by atoms with Gasteiger partial charge in [-0.05, 0) is 98.0 Å². The monoisotopic (exact) mass is 1110 g/mol. The standard InChI is InChI=1S/C50H61FN9O14P.CH2O2/c1-7-16-71-49(67)59-42(25(3)4)45(63)58-36(10-9-15-54-48(52)66)44(62)55-29-12-11-27(28(17-29)20-53-6)22-73-75(69,70)74-24-39(61)56-35-14-13-30-26(5)34(51)19-37-40(30)41(35)31-21-60-38(43(31)57-37)18-33-32(46(60)64)23-72-47(65)50(33,68)8-2;2-1-3/h7,11-12,17-19,25,35-36,42,53,68H,1,8-10,13-16,20-24H2,2-6H3,(H,55,62)(H,56,61)(H,58,63)(H,59,67)(H,69,70)(H3,52,54,66);1H,(H,2,3)/t35-,36-,42-,50-;/m0./s1. The molecule has 0 saturated heterocycles. The second-order valence-corrected chi connectivity index (χ2v) is 20.3. The molecule has 0 bridgehead atoms. The number of aliphatic hydroxyl groups is 1. The molecule has 0 spiro atoms. The van der Waals surface area contributed by atoms with Gasteiger partial charge in [0.05, 0.1) is 41.7 Å². The molecule has 0 radical (unpaired) electrons. The number of aromatic nitrogens is 2. The highest BCUT2D eigenvalue weighted by Crippen LogP contribution is 2.47. The molecule has 3 aliphatic rings. The van der Waals surface area contributed by atoms with Crippen molar-refractivity contribution in [3.63, 3.8) is 0 Å². The number of phosphoric ester groups is 1. The van der Waals surface area contributed by atoms with Crippen LogP contribution in [0.1, 0.15) is 97.0 Å². The summed E-state index contributed by atoms with van der Waals surface area (Å²) in [4.78, 5) is 115. The first-order valence-electron chi connectivity index (χ1n) is 24.8. The van der Waals surface area contributed by atoms with Gasteiger partial charge in [-0.25, -0.2) is 28.3 Å². The fourth-order valence-corrected chi connectivity index (χ4v) is 10.2. The number of carbonyl (C=O) groups excluding carboxylic acids is 6. The number of cyclic esters (lactones) is 1. The van der Waals surface area contributed by atoms with Gasteiger partial charge in [0.15, 0.2) is 5.60 Å². The third-order valence-electron chi connectivity index (χ3n) is 13.5. The molecule has 4 heterocycles. The predicted octanol–water partition coefficient (Wildman–Crippen LogP) is 3.19. The zero-order valence-corrected chi connectivity index (χ0v) is 44.4. The highest BCUT2D eigenvalue weighted by molar-refractivity contribution is 7.47. The number of alkyl carbamates (subject to hydrolysis) is 1. The van der Waals surface area contributed by atoms with Gasteiger partial charge in [0.2, 0.25) is 17.7 Å². The van der Waals surface area contributed by atoms with Gasteiger partial charge < -0.3 is 66.8 Å². The molecule has 2 aromatic heterocycles. The van der Waals surface area contributed by atoms with Crippen LogP contribution in [-0.2, 0) is 85.4 Å². The van der Waals surface area contributed by atoms with Gasteiger partial charge in [-0.2, -0.15) is 0 Å². The van der Waals surface area contributed by atoms with Gasteiger partial charge >= 0.3 is 25.9 Å². The predicted molar refractivity (Wildman–Crippen MR) is 278 cm³/mol. The van der Waals surface area contributed by atoms with Crippen molar-refractivity contribution in [2.24, 2.45) is 11.7 Å². The summed E-state index contributed by atoms with van der Waals surface area (Å²) in [5, 5.41) is 35.1. The van der Waals surface area contributed by atoms with Crippen molar-refractivity contribution in [1.29, 1.82) is 0 Å². The number of hydrogen-bond acceptors (Lipinski definition) is 16. The number of nitrogens with two attached hydrogens (primary N) is 1. The van der Waals surface area contributed by atoms with E-state index < -0.39 is 97.9 Å². The summed E-state index contributed by atoms with van der Waals surface area (Å²) >= 11 is 0. The van der Waals surface area contributed by atoms with Crippen molar-refractivity contribution in [3.8, 4) is 11.4 Å². The first-order valence-corrected chi connectivity index (χ1v) is 26.3. The first kappa shape index (κ1) is 59.6. The lowest BCUT2D eigenvalue weighted by Crippen LogP contribution is -2.54. The number of urea groups is 1. The lowest BCUT2D eigenvalue weighted by molar-refractivity contribution is -0.172. The second-order valence-electron chi connectivity index (χ2n) is 18.8. The number of amides is 6. The largest absolute Gasteiger partial charge is 0.483 e. The van der Waals surface area contributed by atoms with Crippen LogP contribution in [0.4, 0.5) is 19.7 Å². The summed E-state index contributed by atoms with van der Waals surface area (Å²) in [5.74, 6) is -3.89. The maximum Gasteiger partial charge on any atom is 0.473 e. The number of carbonyl (C=O) groups is 7. The van der Waals surface area contributed by atoms with E-state index in [1.807, 2.05) is 0 Å². The first-order chi connectivity index (χ1) is 37.0. The number of nitrogens with zero attached hydrogens (tertiary/aromatic N) is 2. The van der Waals surface area contributed by atoms with Gasteiger partial charge in [0.1, 0.15) is 37.7 Å². The third kappa shape index (κ3) is 13.4. The summed E-state index contributed by atoms with van der Waals surface area (Å²) in [5.41, 5.74) is 7.09. The Labute approximate surface area is 446 Å². The van der Waals surface area contributed by atoms with Crippen LogP contribution in [0.5, 0.6) is 0 Å². The molecular formula is C51H63FN9O16P. The number of esters is 1. The van der Waals surface area contributed by atoms with E-state index >= 15 is 4.39 Å². The Balaban J connectivity index is 0.00000320.